The molecular formula is C16H24ClN3O2. The summed E-state index contributed by atoms with van der Waals surface area (Å²) in [4.78, 5) is 25.2. The highest BCUT2D eigenvalue weighted by molar-refractivity contribution is 5.95. The fourth-order valence-corrected chi connectivity index (χ4v) is 2.49. The molecule has 1 atom stereocenters. The van der Waals surface area contributed by atoms with E-state index >= 15 is 0 Å². The average Bonchev–Trinajstić information content (AvgIpc) is 2.98. The molecule has 2 amide bonds. The van der Waals surface area contributed by atoms with Crippen molar-refractivity contribution in [3.8, 4) is 0 Å². The minimum absolute atomic E-state index is 0. The van der Waals surface area contributed by atoms with Crippen molar-refractivity contribution >= 4 is 29.9 Å². The molecule has 1 saturated heterocycles. The van der Waals surface area contributed by atoms with E-state index in [2.05, 4.69) is 10.6 Å². The van der Waals surface area contributed by atoms with Gasteiger partial charge in [-0.2, -0.15) is 0 Å². The van der Waals surface area contributed by atoms with E-state index in [-0.39, 0.29) is 24.2 Å². The van der Waals surface area contributed by atoms with Gasteiger partial charge in [-0.25, -0.2) is 0 Å². The van der Waals surface area contributed by atoms with Gasteiger partial charge in [0, 0.05) is 37.8 Å². The standard InChI is InChI=1S/C16H23N3O2.ClH/c1-19(2)16(21)12-5-7-14(8-6-12)18-15(20)10-9-13-4-3-11-17-13;/h5-8,13,17H,3-4,9-11H2,1-2H3,(H,18,20);1H. The number of rotatable bonds is 5. The summed E-state index contributed by atoms with van der Waals surface area (Å²) in [5, 5.41) is 6.25. The summed E-state index contributed by atoms with van der Waals surface area (Å²) in [5.74, 6) is -0.0180. The van der Waals surface area contributed by atoms with Crippen LogP contribution in [0, 0.1) is 0 Å². The number of anilines is 1. The molecule has 1 heterocycles. The monoisotopic (exact) mass is 325 g/mol. The molecule has 1 unspecified atom stereocenters. The first kappa shape index (κ1) is 18.5. The summed E-state index contributed by atoms with van der Waals surface area (Å²) in [7, 11) is 3.43. The minimum atomic E-state index is -0.0415. The Morgan fingerprint density at radius 1 is 1.27 bits per heavy atom. The van der Waals surface area contributed by atoms with Gasteiger partial charge in [-0.15, -0.1) is 12.4 Å². The predicted molar refractivity (Wildman–Crippen MR) is 90.6 cm³/mol. The van der Waals surface area contributed by atoms with E-state index < -0.39 is 0 Å². The van der Waals surface area contributed by atoms with Crippen LogP contribution in [0.25, 0.3) is 0 Å². The third kappa shape index (κ3) is 5.31. The Morgan fingerprint density at radius 2 is 1.95 bits per heavy atom. The van der Waals surface area contributed by atoms with Crippen LogP contribution >= 0.6 is 12.4 Å². The minimum Gasteiger partial charge on any atom is -0.345 e. The Kier molecular flexibility index (Phi) is 7.35. The van der Waals surface area contributed by atoms with E-state index in [9.17, 15) is 9.59 Å². The molecule has 22 heavy (non-hydrogen) atoms. The maximum absolute atomic E-state index is 11.9. The average molecular weight is 326 g/mol. The smallest absolute Gasteiger partial charge is 0.253 e. The zero-order valence-corrected chi connectivity index (χ0v) is 13.9. The van der Waals surface area contributed by atoms with Crippen molar-refractivity contribution < 1.29 is 9.59 Å². The van der Waals surface area contributed by atoms with Crippen molar-refractivity contribution in [2.45, 2.75) is 31.7 Å². The van der Waals surface area contributed by atoms with Crippen LogP contribution in [0.15, 0.2) is 24.3 Å². The summed E-state index contributed by atoms with van der Waals surface area (Å²) < 4.78 is 0. The van der Waals surface area contributed by atoms with Crippen LogP contribution in [0.5, 0.6) is 0 Å². The molecule has 122 valence electrons. The molecule has 0 aliphatic carbocycles. The largest absolute Gasteiger partial charge is 0.345 e. The number of carbonyl (C=O) groups excluding carboxylic acids is 2. The number of benzene rings is 1. The van der Waals surface area contributed by atoms with E-state index in [1.807, 2.05) is 0 Å². The second kappa shape index (κ2) is 8.76. The van der Waals surface area contributed by atoms with Gasteiger partial charge in [0.15, 0.2) is 0 Å². The number of carbonyl (C=O) groups is 2. The van der Waals surface area contributed by atoms with Crippen LogP contribution in [0.2, 0.25) is 0 Å². The van der Waals surface area contributed by atoms with Crippen LogP contribution in [0.3, 0.4) is 0 Å². The van der Waals surface area contributed by atoms with Crippen LogP contribution in [0.1, 0.15) is 36.0 Å². The quantitative estimate of drug-likeness (QED) is 0.873. The highest BCUT2D eigenvalue weighted by Gasteiger charge is 2.15. The van der Waals surface area contributed by atoms with Crippen molar-refractivity contribution in [1.82, 2.24) is 10.2 Å². The van der Waals surface area contributed by atoms with E-state index in [1.54, 1.807) is 38.4 Å². The second-order valence-electron chi connectivity index (χ2n) is 5.66. The molecule has 6 heteroatoms. The fourth-order valence-electron chi connectivity index (χ4n) is 2.49. The third-order valence-electron chi connectivity index (χ3n) is 3.70. The van der Waals surface area contributed by atoms with Gasteiger partial charge in [0.05, 0.1) is 0 Å². The van der Waals surface area contributed by atoms with Crippen molar-refractivity contribution in [2.75, 3.05) is 26.0 Å². The lowest BCUT2D eigenvalue weighted by molar-refractivity contribution is -0.116. The van der Waals surface area contributed by atoms with Crippen LogP contribution in [0.4, 0.5) is 5.69 Å². The molecule has 1 fully saturated rings. The first-order valence-electron chi connectivity index (χ1n) is 7.41. The number of nitrogens with zero attached hydrogens (tertiary/aromatic N) is 1. The van der Waals surface area contributed by atoms with Crippen molar-refractivity contribution in [1.29, 1.82) is 0 Å². The Hall–Kier alpha value is -1.59. The molecule has 0 bridgehead atoms. The van der Waals surface area contributed by atoms with Crippen molar-refractivity contribution in [3.63, 3.8) is 0 Å². The van der Waals surface area contributed by atoms with Gasteiger partial charge in [-0.05, 0) is 50.1 Å². The van der Waals surface area contributed by atoms with Gasteiger partial charge >= 0.3 is 0 Å². The van der Waals surface area contributed by atoms with Gasteiger partial charge in [0.25, 0.3) is 5.91 Å². The normalized spacial score (nSPS) is 16.7. The number of hydrogen-bond acceptors (Lipinski definition) is 3. The lowest BCUT2D eigenvalue weighted by Gasteiger charge is -2.12. The van der Waals surface area contributed by atoms with E-state index in [0.29, 0.717) is 18.0 Å². The molecule has 1 aliphatic heterocycles. The lowest BCUT2D eigenvalue weighted by Crippen LogP contribution is -2.23. The molecule has 0 saturated carbocycles. The molecule has 0 aromatic heterocycles. The summed E-state index contributed by atoms with van der Waals surface area (Å²) >= 11 is 0. The zero-order chi connectivity index (χ0) is 15.2. The summed E-state index contributed by atoms with van der Waals surface area (Å²) in [6.45, 7) is 1.06. The Balaban J connectivity index is 0.00000242. The maximum atomic E-state index is 11.9. The first-order valence-corrected chi connectivity index (χ1v) is 7.41. The fraction of sp³-hybridized carbons (Fsp3) is 0.500. The molecule has 0 spiro atoms. The summed E-state index contributed by atoms with van der Waals surface area (Å²) in [5.41, 5.74) is 1.35. The second-order valence-corrected chi connectivity index (χ2v) is 5.66. The predicted octanol–water partition coefficient (Wildman–Crippen LogP) is 2.28. The first-order chi connectivity index (χ1) is 10.1. The van der Waals surface area contributed by atoms with Gasteiger partial charge < -0.3 is 15.5 Å². The molecule has 1 aliphatic rings. The summed E-state index contributed by atoms with van der Waals surface area (Å²) in [6, 6.07) is 7.48. The number of nitrogens with one attached hydrogen (secondary N) is 2. The Bertz CT molecular complexity index is 497. The van der Waals surface area contributed by atoms with Crippen LogP contribution in [-0.4, -0.2) is 43.4 Å². The topological polar surface area (TPSA) is 61.4 Å². The zero-order valence-electron chi connectivity index (χ0n) is 13.1. The number of hydrogen-bond donors (Lipinski definition) is 2. The van der Waals surface area contributed by atoms with Gasteiger partial charge in [0.1, 0.15) is 0 Å². The van der Waals surface area contributed by atoms with Crippen LogP contribution in [-0.2, 0) is 4.79 Å². The van der Waals surface area contributed by atoms with E-state index in [4.69, 9.17) is 0 Å². The SMILES string of the molecule is CN(C)C(=O)c1ccc(NC(=O)CCC2CCCN2)cc1.Cl. The molecule has 1 aromatic carbocycles. The lowest BCUT2D eigenvalue weighted by atomic mass is 10.1. The summed E-state index contributed by atoms with van der Waals surface area (Å²) in [6.07, 6.45) is 3.77. The van der Waals surface area contributed by atoms with E-state index in [1.165, 1.54) is 11.3 Å². The van der Waals surface area contributed by atoms with Crippen LogP contribution < -0.4 is 10.6 Å². The molecule has 0 radical (unpaired) electrons. The van der Waals surface area contributed by atoms with E-state index in [0.717, 1.165) is 25.1 Å². The van der Waals surface area contributed by atoms with Gasteiger partial charge in [-0.3, -0.25) is 9.59 Å². The maximum Gasteiger partial charge on any atom is 0.253 e. The number of amides is 2. The van der Waals surface area contributed by atoms with Crippen molar-refractivity contribution in [2.24, 2.45) is 0 Å². The van der Waals surface area contributed by atoms with Gasteiger partial charge in [-0.1, -0.05) is 0 Å². The molecule has 2 N–H and O–H groups in total. The van der Waals surface area contributed by atoms with Crippen molar-refractivity contribution in [3.05, 3.63) is 29.8 Å². The highest BCUT2D eigenvalue weighted by Crippen LogP contribution is 2.14. The van der Waals surface area contributed by atoms with Gasteiger partial charge in [0.2, 0.25) is 5.91 Å². The molecule has 1 aromatic rings. The molecule has 5 nitrogen and oxygen atoms in total. The number of halogens is 1. The Labute approximate surface area is 137 Å². The molecular weight excluding hydrogens is 302 g/mol. The Morgan fingerprint density at radius 3 is 2.50 bits per heavy atom. The molecule has 2 rings (SSSR count). The highest BCUT2D eigenvalue weighted by atomic mass is 35.5. The third-order valence-corrected chi connectivity index (χ3v) is 3.70.